The van der Waals surface area contributed by atoms with E-state index in [9.17, 15) is 9.59 Å². The number of amides is 1. The molecule has 6 heteroatoms. The largest absolute Gasteiger partial charge is 0.355 e. The van der Waals surface area contributed by atoms with Crippen LogP contribution in [0.5, 0.6) is 0 Å². The molecule has 0 saturated heterocycles. The Morgan fingerprint density at radius 3 is 2.44 bits per heavy atom. The molecule has 140 valence electrons. The summed E-state index contributed by atoms with van der Waals surface area (Å²) in [6, 6.07) is 16.7. The molecule has 0 spiro atoms. The first-order valence-electron chi connectivity index (χ1n) is 8.99. The van der Waals surface area contributed by atoms with Gasteiger partial charge in [0.1, 0.15) is 0 Å². The van der Waals surface area contributed by atoms with Crippen LogP contribution in [-0.2, 0) is 4.79 Å². The van der Waals surface area contributed by atoms with Crippen LogP contribution in [0.15, 0.2) is 64.5 Å². The Morgan fingerprint density at radius 1 is 1.07 bits per heavy atom. The molecule has 3 aromatic rings. The average Bonchev–Trinajstić information content (AvgIpc) is 2.67. The maximum absolute atomic E-state index is 13.1. The number of thioether (sulfide) groups is 1. The van der Waals surface area contributed by atoms with Gasteiger partial charge in [-0.1, -0.05) is 55.9 Å². The number of nitrogens with one attached hydrogen (secondary N) is 1. The van der Waals surface area contributed by atoms with Crippen molar-refractivity contribution in [3.63, 3.8) is 0 Å². The van der Waals surface area contributed by atoms with Crippen molar-refractivity contribution in [1.29, 1.82) is 0 Å². The van der Waals surface area contributed by atoms with E-state index in [1.807, 2.05) is 55.5 Å². The maximum Gasteiger partial charge on any atom is 0.266 e. The quantitative estimate of drug-likeness (QED) is 0.523. The van der Waals surface area contributed by atoms with Crippen molar-refractivity contribution in [3.05, 3.63) is 65.0 Å². The number of rotatable bonds is 6. The molecule has 0 aliphatic heterocycles. The summed E-state index contributed by atoms with van der Waals surface area (Å²) in [6.45, 7) is 6.56. The van der Waals surface area contributed by atoms with Gasteiger partial charge in [0.2, 0.25) is 5.91 Å². The van der Waals surface area contributed by atoms with Gasteiger partial charge in [0.25, 0.3) is 5.56 Å². The second kappa shape index (κ2) is 8.39. The number of carbonyl (C=O) groups is 1. The van der Waals surface area contributed by atoms with Gasteiger partial charge in [-0.3, -0.25) is 14.2 Å². The molecule has 0 aliphatic carbocycles. The smallest absolute Gasteiger partial charge is 0.266 e. The van der Waals surface area contributed by atoms with Gasteiger partial charge < -0.3 is 5.32 Å². The molecule has 0 saturated carbocycles. The van der Waals surface area contributed by atoms with Crippen molar-refractivity contribution in [2.45, 2.75) is 31.2 Å². The van der Waals surface area contributed by atoms with Crippen LogP contribution in [0, 0.1) is 5.92 Å². The highest BCUT2D eigenvalue weighted by atomic mass is 32.2. The number of hydrogen-bond acceptors (Lipinski definition) is 4. The molecule has 27 heavy (non-hydrogen) atoms. The van der Waals surface area contributed by atoms with Crippen molar-refractivity contribution in [1.82, 2.24) is 14.9 Å². The zero-order valence-electron chi connectivity index (χ0n) is 15.7. The molecule has 0 aliphatic rings. The van der Waals surface area contributed by atoms with Gasteiger partial charge in [-0.05, 0) is 37.1 Å². The minimum atomic E-state index is -0.369. The third-order valence-electron chi connectivity index (χ3n) is 4.10. The zero-order chi connectivity index (χ0) is 19.4. The van der Waals surface area contributed by atoms with Gasteiger partial charge in [0.15, 0.2) is 5.16 Å². The monoisotopic (exact) mass is 381 g/mol. The number of benzene rings is 2. The van der Waals surface area contributed by atoms with Gasteiger partial charge in [0, 0.05) is 6.54 Å². The zero-order valence-corrected chi connectivity index (χ0v) is 16.5. The van der Waals surface area contributed by atoms with Gasteiger partial charge in [-0.15, -0.1) is 0 Å². The van der Waals surface area contributed by atoms with Crippen LogP contribution in [0.25, 0.3) is 16.6 Å². The van der Waals surface area contributed by atoms with Gasteiger partial charge >= 0.3 is 0 Å². The Morgan fingerprint density at radius 2 is 1.74 bits per heavy atom. The van der Waals surface area contributed by atoms with E-state index in [0.717, 1.165) is 5.69 Å². The molecule has 5 nitrogen and oxygen atoms in total. The van der Waals surface area contributed by atoms with Crippen LogP contribution in [-0.4, -0.2) is 27.3 Å². The van der Waals surface area contributed by atoms with Gasteiger partial charge in [0.05, 0.1) is 21.8 Å². The number of nitrogens with zero attached hydrogens (tertiary/aromatic N) is 2. The van der Waals surface area contributed by atoms with Gasteiger partial charge in [-0.25, -0.2) is 4.98 Å². The van der Waals surface area contributed by atoms with Crippen LogP contribution < -0.4 is 10.9 Å². The second-order valence-electron chi connectivity index (χ2n) is 6.79. The Kier molecular flexibility index (Phi) is 5.96. The highest BCUT2D eigenvalue weighted by molar-refractivity contribution is 8.00. The summed E-state index contributed by atoms with van der Waals surface area (Å²) in [7, 11) is 0. The van der Waals surface area contributed by atoms with Crippen molar-refractivity contribution >= 4 is 28.6 Å². The van der Waals surface area contributed by atoms with E-state index in [4.69, 9.17) is 0 Å². The van der Waals surface area contributed by atoms with E-state index in [1.165, 1.54) is 11.8 Å². The third-order valence-corrected chi connectivity index (χ3v) is 5.15. The highest BCUT2D eigenvalue weighted by Gasteiger charge is 2.20. The van der Waals surface area contributed by atoms with E-state index in [-0.39, 0.29) is 16.7 Å². The first-order chi connectivity index (χ1) is 13.0. The minimum absolute atomic E-state index is 0.0595. The molecule has 1 unspecified atom stereocenters. The molecular formula is C21H23N3O2S. The highest BCUT2D eigenvalue weighted by Crippen LogP contribution is 2.25. The van der Waals surface area contributed by atoms with E-state index in [1.54, 1.807) is 10.6 Å². The van der Waals surface area contributed by atoms with E-state index < -0.39 is 0 Å². The SMILES string of the molecule is CC(C)CNC(=O)C(C)Sc1nc2ccccc2c(=O)n1-c1ccccc1. The topological polar surface area (TPSA) is 64.0 Å². The summed E-state index contributed by atoms with van der Waals surface area (Å²) in [5, 5.41) is 3.64. The number of fused-ring (bicyclic) bond motifs is 1. The lowest BCUT2D eigenvalue weighted by Gasteiger charge is -2.17. The van der Waals surface area contributed by atoms with Crippen molar-refractivity contribution < 1.29 is 4.79 Å². The lowest BCUT2D eigenvalue weighted by atomic mass is 10.2. The minimum Gasteiger partial charge on any atom is -0.355 e. The summed E-state index contributed by atoms with van der Waals surface area (Å²) >= 11 is 1.29. The average molecular weight is 382 g/mol. The molecular weight excluding hydrogens is 358 g/mol. The first-order valence-corrected chi connectivity index (χ1v) is 9.87. The van der Waals surface area contributed by atoms with Crippen molar-refractivity contribution in [2.75, 3.05) is 6.54 Å². The number of para-hydroxylation sites is 2. The van der Waals surface area contributed by atoms with Crippen LogP contribution in [0.4, 0.5) is 0 Å². The predicted molar refractivity (Wildman–Crippen MR) is 111 cm³/mol. The lowest BCUT2D eigenvalue weighted by Crippen LogP contribution is -2.34. The van der Waals surface area contributed by atoms with Crippen LogP contribution in [0.3, 0.4) is 0 Å². The Hall–Kier alpha value is -2.60. The molecule has 1 aromatic heterocycles. The number of aromatic nitrogens is 2. The molecule has 1 N–H and O–H groups in total. The normalized spacial score (nSPS) is 12.3. The molecule has 0 bridgehead atoms. The summed E-state index contributed by atoms with van der Waals surface area (Å²) in [6.07, 6.45) is 0. The molecule has 2 aromatic carbocycles. The molecule has 1 atom stereocenters. The second-order valence-corrected chi connectivity index (χ2v) is 8.09. The molecule has 0 radical (unpaired) electrons. The molecule has 3 rings (SSSR count). The fourth-order valence-corrected chi connectivity index (χ4v) is 3.61. The molecule has 1 amide bonds. The number of hydrogen-bond donors (Lipinski definition) is 1. The summed E-state index contributed by atoms with van der Waals surface area (Å²) in [4.78, 5) is 30.2. The Labute approximate surface area is 162 Å². The fourth-order valence-electron chi connectivity index (χ4n) is 2.66. The first kappa shape index (κ1) is 19.2. The number of carbonyl (C=O) groups excluding carboxylic acids is 1. The summed E-state index contributed by atoms with van der Waals surface area (Å²) in [5.74, 6) is 0.322. The third kappa shape index (κ3) is 4.39. The molecule has 0 fully saturated rings. The maximum atomic E-state index is 13.1. The predicted octanol–water partition coefficient (Wildman–Crippen LogP) is 3.64. The van der Waals surface area contributed by atoms with E-state index in [0.29, 0.717) is 28.5 Å². The van der Waals surface area contributed by atoms with Gasteiger partial charge in [-0.2, -0.15) is 0 Å². The van der Waals surface area contributed by atoms with Crippen LogP contribution >= 0.6 is 11.8 Å². The van der Waals surface area contributed by atoms with E-state index in [2.05, 4.69) is 24.1 Å². The van der Waals surface area contributed by atoms with Crippen molar-refractivity contribution in [3.8, 4) is 5.69 Å². The van der Waals surface area contributed by atoms with Crippen LogP contribution in [0.2, 0.25) is 0 Å². The van der Waals surface area contributed by atoms with Crippen LogP contribution in [0.1, 0.15) is 20.8 Å². The molecule has 1 heterocycles. The Bertz CT molecular complexity index is 999. The summed E-state index contributed by atoms with van der Waals surface area (Å²) in [5.41, 5.74) is 1.23. The Balaban J connectivity index is 2.03. The fraction of sp³-hybridized carbons (Fsp3) is 0.286. The van der Waals surface area contributed by atoms with E-state index >= 15 is 0 Å². The summed E-state index contributed by atoms with van der Waals surface area (Å²) < 4.78 is 1.58. The van der Waals surface area contributed by atoms with Crippen molar-refractivity contribution in [2.24, 2.45) is 5.92 Å². The lowest BCUT2D eigenvalue weighted by molar-refractivity contribution is -0.120. The standard InChI is InChI=1S/C21H23N3O2S/c1-14(2)13-22-19(25)15(3)27-21-23-18-12-8-7-11-17(18)20(26)24(21)16-9-5-4-6-10-16/h4-12,14-15H,13H2,1-3H3,(H,22,25).